The second-order valence-corrected chi connectivity index (χ2v) is 5.33. The van der Waals surface area contributed by atoms with Gasteiger partial charge in [0.1, 0.15) is 0 Å². The lowest BCUT2D eigenvalue weighted by Crippen LogP contribution is -2.45. The van der Waals surface area contributed by atoms with Gasteiger partial charge < -0.3 is 10.1 Å². The van der Waals surface area contributed by atoms with Crippen LogP contribution in [0.2, 0.25) is 0 Å². The molecule has 4 heteroatoms. The zero-order chi connectivity index (χ0) is 14.5. The lowest BCUT2D eigenvalue weighted by molar-refractivity contribution is 0.168. The van der Waals surface area contributed by atoms with Crippen LogP contribution in [0.5, 0.6) is 5.75 Å². The topological polar surface area (TPSA) is 24.5 Å². The molecule has 1 atom stereocenters. The Kier molecular flexibility index (Phi) is 5.15. The number of benzene rings is 1. The van der Waals surface area contributed by atoms with Crippen molar-refractivity contribution in [1.82, 2.24) is 10.2 Å². The smallest absolute Gasteiger partial charge is 0.169 e. The second-order valence-electron chi connectivity index (χ2n) is 5.33. The molecule has 0 saturated carbocycles. The molecule has 0 unspecified atom stereocenters. The number of hydrogen-bond acceptors (Lipinski definition) is 3. The summed E-state index contributed by atoms with van der Waals surface area (Å²) < 4.78 is 19.6. The monoisotopic (exact) mass is 278 g/mol. The number of hydrogen-bond donors (Lipinski definition) is 1. The lowest BCUT2D eigenvalue weighted by Gasteiger charge is -2.35. The van der Waals surface area contributed by atoms with Gasteiger partial charge in [0.2, 0.25) is 0 Å². The molecule has 1 heterocycles. The Labute approximate surface area is 120 Å². The third-order valence-electron chi connectivity index (χ3n) is 3.71. The first kappa shape index (κ1) is 15.0. The van der Waals surface area contributed by atoms with E-state index in [-0.39, 0.29) is 11.9 Å². The van der Waals surface area contributed by atoms with Crippen LogP contribution in [0.4, 0.5) is 4.39 Å². The molecule has 1 aliphatic rings. The van der Waals surface area contributed by atoms with Crippen molar-refractivity contribution in [3.8, 4) is 5.75 Å². The van der Waals surface area contributed by atoms with Crippen LogP contribution in [0.1, 0.15) is 24.9 Å². The summed E-state index contributed by atoms with van der Waals surface area (Å²) in [6.07, 6.45) is 0.768. The molecule has 1 saturated heterocycles. The summed E-state index contributed by atoms with van der Waals surface area (Å²) in [5, 5.41) is 3.33. The molecule has 0 amide bonds. The van der Waals surface area contributed by atoms with E-state index in [2.05, 4.69) is 16.8 Å². The van der Waals surface area contributed by atoms with Crippen molar-refractivity contribution in [1.29, 1.82) is 0 Å². The van der Waals surface area contributed by atoms with Gasteiger partial charge in [0.15, 0.2) is 11.6 Å². The predicted molar refractivity (Wildman–Crippen MR) is 79.6 cm³/mol. The fourth-order valence-electron chi connectivity index (χ4n) is 2.70. The first-order valence-corrected chi connectivity index (χ1v) is 7.05. The molecule has 0 aromatic heterocycles. The van der Waals surface area contributed by atoms with Gasteiger partial charge >= 0.3 is 0 Å². The van der Waals surface area contributed by atoms with E-state index in [4.69, 9.17) is 4.74 Å². The van der Waals surface area contributed by atoms with Crippen LogP contribution in [0.3, 0.4) is 0 Å². The minimum absolute atomic E-state index is 0.0321. The van der Waals surface area contributed by atoms with Crippen LogP contribution in [0.15, 0.2) is 30.4 Å². The van der Waals surface area contributed by atoms with E-state index in [9.17, 15) is 4.39 Å². The van der Waals surface area contributed by atoms with Crippen LogP contribution < -0.4 is 10.1 Å². The Balaban J connectivity index is 2.32. The summed E-state index contributed by atoms with van der Waals surface area (Å²) >= 11 is 0. The van der Waals surface area contributed by atoms with E-state index < -0.39 is 0 Å². The van der Waals surface area contributed by atoms with Gasteiger partial charge in [0, 0.05) is 37.8 Å². The molecule has 1 N–H and O–H groups in total. The van der Waals surface area contributed by atoms with Gasteiger partial charge in [0.05, 0.1) is 7.11 Å². The third-order valence-corrected chi connectivity index (χ3v) is 3.71. The average molecular weight is 278 g/mol. The summed E-state index contributed by atoms with van der Waals surface area (Å²) in [7, 11) is 1.50. The standard InChI is InChI=1S/C16H23FN2O/c1-12(2)11-14(19-9-7-18-8-10-19)13-5-4-6-15(20-3)16(13)17/h4-6,14,18H,1,7-11H2,2-3H3/t14-/m0/s1. The quantitative estimate of drug-likeness (QED) is 0.838. The van der Waals surface area contributed by atoms with Crippen LogP contribution >= 0.6 is 0 Å². The minimum Gasteiger partial charge on any atom is -0.494 e. The van der Waals surface area contributed by atoms with Crippen molar-refractivity contribution in [2.75, 3.05) is 33.3 Å². The van der Waals surface area contributed by atoms with Gasteiger partial charge in [-0.3, -0.25) is 4.90 Å². The van der Waals surface area contributed by atoms with Crippen molar-refractivity contribution >= 4 is 0 Å². The summed E-state index contributed by atoms with van der Waals surface area (Å²) in [5.74, 6) is 0.0594. The van der Waals surface area contributed by atoms with Crippen molar-refractivity contribution in [2.24, 2.45) is 0 Å². The molecule has 0 radical (unpaired) electrons. The van der Waals surface area contributed by atoms with Crippen LogP contribution in [0, 0.1) is 5.82 Å². The van der Waals surface area contributed by atoms with Gasteiger partial charge in [-0.1, -0.05) is 17.7 Å². The molecule has 1 aliphatic heterocycles. The van der Waals surface area contributed by atoms with Crippen molar-refractivity contribution in [3.63, 3.8) is 0 Å². The molecule has 20 heavy (non-hydrogen) atoms. The normalized spacial score (nSPS) is 17.8. The van der Waals surface area contributed by atoms with Crippen LogP contribution in [0.25, 0.3) is 0 Å². The van der Waals surface area contributed by atoms with E-state index in [0.717, 1.165) is 38.2 Å². The molecule has 0 bridgehead atoms. The summed E-state index contributed by atoms with van der Waals surface area (Å²) in [5.41, 5.74) is 1.77. The molecular weight excluding hydrogens is 255 g/mol. The molecule has 2 rings (SSSR count). The van der Waals surface area contributed by atoms with Crippen LogP contribution in [-0.4, -0.2) is 38.2 Å². The molecule has 1 aromatic carbocycles. The Hall–Kier alpha value is -1.39. The lowest BCUT2D eigenvalue weighted by atomic mass is 9.97. The molecular formula is C16H23FN2O. The zero-order valence-corrected chi connectivity index (χ0v) is 12.3. The highest BCUT2D eigenvalue weighted by Crippen LogP contribution is 2.32. The first-order chi connectivity index (χ1) is 9.63. The fourth-order valence-corrected chi connectivity index (χ4v) is 2.70. The second kappa shape index (κ2) is 6.86. The molecule has 0 spiro atoms. The highest BCUT2D eigenvalue weighted by atomic mass is 19.1. The summed E-state index contributed by atoms with van der Waals surface area (Å²) in [6, 6.07) is 5.40. The van der Waals surface area contributed by atoms with E-state index >= 15 is 0 Å². The van der Waals surface area contributed by atoms with Gasteiger partial charge in [0.25, 0.3) is 0 Å². The average Bonchev–Trinajstić information content (AvgIpc) is 2.46. The number of rotatable bonds is 5. The highest BCUT2D eigenvalue weighted by Gasteiger charge is 2.25. The first-order valence-electron chi connectivity index (χ1n) is 7.05. The fraction of sp³-hybridized carbons (Fsp3) is 0.500. The number of halogens is 1. The van der Waals surface area contributed by atoms with Crippen molar-refractivity contribution in [2.45, 2.75) is 19.4 Å². The van der Waals surface area contributed by atoms with E-state index in [1.165, 1.54) is 7.11 Å². The van der Waals surface area contributed by atoms with Crippen molar-refractivity contribution < 1.29 is 9.13 Å². The van der Waals surface area contributed by atoms with E-state index in [1.54, 1.807) is 6.07 Å². The van der Waals surface area contributed by atoms with Crippen LogP contribution in [-0.2, 0) is 0 Å². The summed E-state index contributed by atoms with van der Waals surface area (Å²) in [6.45, 7) is 9.72. The number of methoxy groups -OCH3 is 1. The van der Waals surface area contributed by atoms with Gasteiger partial charge in [-0.2, -0.15) is 0 Å². The predicted octanol–water partition coefficient (Wildman–Crippen LogP) is 2.75. The summed E-state index contributed by atoms with van der Waals surface area (Å²) in [4.78, 5) is 2.32. The van der Waals surface area contributed by atoms with Gasteiger partial charge in [-0.05, 0) is 19.4 Å². The number of nitrogens with one attached hydrogen (secondary N) is 1. The van der Waals surface area contributed by atoms with Crippen molar-refractivity contribution in [3.05, 3.63) is 41.7 Å². The van der Waals surface area contributed by atoms with E-state index in [1.807, 2.05) is 19.1 Å². The SMILES string of the molecule is C=C(C)C[C@@H](c1cccc(OC)c1F)N1CCNCC1. The van der Waals surface area contributed by atoms with Gasteiger partial charge in [-0.15, -0.1) is 6.58 Å². The molecule has 0 aliphatic carbocycles. The molecule has 1 aromatic rings. The Morgan fingerprint density at radius 1 is 1.45 bits per heavy atom. The Morgan fingerprint density at radius 2 is 2.15 bits per heavy atom. The maximum atomic E-state index is 14.5. The molecule has 110 valence electrons. The largest absolute Gasteiger partial charge is 0.494 e. The molecule has 3 nitrogen and oxygen atoms in total. The molecule has 1 fully saturated rings. The maximum absolute atomic E-state index is 14.5. The Bertz CT molecular complexity index is 470. The zero-order valence-electron chi connectivity index (χ0n) is 12.3. The van der Waals surface area contributed by atoms with E-state index in [0.29, 0.717) is 11.3 Å². The van der Waals surface area contributed by atoms with Gasteiger partial charge in [-0.25, -0.2) is 4.39 Å². The number of piperazine rings is 1. The maximum Gasteiger partial charge on any atom is 0.169 e. The Morgan fingerprint density at radius 3 is 2.75 bits per heavy atom. The number of nitrogens with zero attached hydrogens (tertiary/aromatic N) is 1. The highest BCUT2D eigenvalue weighted by molar-refractivity contribution is 5.33. The third kappa shape index (κ3) is 3.38. The number of ether oxygens (including phenoxy) is 1. The minimum atomic E-state index is -0.250.